The minimum absolute atomic E-state index is 0.236. The molecule has 2 rings (SSSR count). The molecule has 1 aromatic carbocycles. The molecule has 1 aromatic rings. The van der Waals surface area contributed by atoms with E-state index in [0.29, 0.717) is 0 Å². The van der Waals surface area contributed by atoms with E-state index in [2.05, 4.69) is 0 Å². The van der Waals surface area contributed by atoms with Gasteiger partial charge in [0.2, 0.25) is 6.29 Å². The summed E-state index contributed by atoms with van der Waals surface area (Å²) in [6.45, 7) is 0.718. The summed E-state index contributed by atoms with van der Waals surface area (Å²) in [7, 11) is 0. The van der Waals surface area contributed by atoms with Crippen LogP contribution in [0, 0.1) is 0 Å². The first kappa shape index (κ1) is 8.32. The smallest absolute Gasteiger partial charge is 0.225 e. The molecule has 0 radical (unpaired) electrons. The van der Waals surface area contributed by atoms with Gasteiger partial charge in [0.15, 0.2) is 0 Å². The molecule has 13 heavy (non-hydrogen) atoms. The SMILES string of the molecule is C1=CO[C@@H](c2ccccc2)OCC1. The van der Waals surface area contributed by atoms with Gasteiger partial charge in [0.1, 0.15) is 0 Å². The van der Waals surface area contributed by atoms with Gasteiger partial charge in [-0.05, 0) is 12.5 Å². The van der Waals surface area contributed by atoms with Crippen LogP contribution < -0.4 is 0 Å². The van der Waals surface area contributed by atoms with Crippen molar-refractivity contribution in [3.05, 3.63) is 48.2 Å². The van der Waals surface area contributed by atoms with Gasteiger partial charge in [-0.15, -0.1) is 0 Å². The molecule has 0 aromatic heterocycles. The molecular formula is C11H12O2. The van der Waals surface area contributed by atoms with Crippen molar-refractivity contribution in [3.63, 3.8) is 0 Å². The summed E-state index contributed by atoms with van der Waals surface area (Å²) in [5.41, 5.74) is 1.06. The highest BCUT2D eigenvalue weighted by Gasteiger charge is 2.11. The molecule has 0 fully saturated rings. The Bertz CT molecular complexity index is 279. The van der Waals surface area contributed by atoms with Crippen LogP contribution in [0.5, 0.6) is 0 Å². The normalized spacial score (nSPS) is 22.0. The maximum atomic E-state index is 5.50. The molecule has 0 N–H and O–H groups in total. The van der Waals surface area contributed by atoms with Gasteiger partial charge in [0.05, 0.1) is 12.9 Å². The Morgan fingerprint density at radius 1 is 1.15 bits per heavy atom. The lowest BCUT2D eigenvalue weighted by Gasteiger charge is -2.14. The van der Waals surface area contributed by atoms with E-state index in [4.69, 9.17) is 9.47 Å². The van der Waals surface area contributed by atoms with E-state index in [1.54, 1.807) is 6.26 Å². The quantitative estimate of drug-likeness (QED) is 0.654. The van der Waals surface area contributed by atoms with E-state index in [0.717, 1.165) is 18.6 Å². The van der Waals surface area contributed by atoms with Crippen LogP contribution in [0.15, 0.2) is 42.7 Å². The lowest BCUT2D eigenvalue weighted by Crippen LogP contribution is -2.04. The molecule has 1 aliphatic rings. The molecule has 1 heterocycles. The predicted molar refractivity (Wildman–Crippen MR) is 50.0 cm³/mol. The Labute approximate surface area is 77.8 Å². The first-order valence-corrected chi connectivity index (χ1v) is 4.44. The van der Waals surface area contributed by atoms with Crippen LogP contribution >= 0.6 is 0 Å². The highest BCUT2D eigenvalue weighted by atomic mass is 16.7. The van der Waals surface area contributed by atoms with Gasteiger partial charge in [0, 0.05) is 5.56 Å². The Morgan fingerprint density at radius 3 is 2.85 bits per heavy atom. The summed E-state index contributed by atoms with van der Waals surface area (Å²) in [6, 6.07) is 9.96. The van der Waals surface area contributed by atoms with Crippen LogP contribution in [-0.4, -0.2) is 6.61 Å². The van der Waals surface area contributed by atoms with E-state index in [1.165, 1.54) is 0 Å². The molecular weight excluding hydrogens is 164 g/mol. The average Bonchev–Trinajstić information content (AvgIpc) is 2.47. The van der Waals surface area contributed by atoms with Gasteiger partial charge in [-0.25, -0.2) is 0 Å². The van der Waals surface area contributed by atoms with Crippen LogP contribution in [0.1, 0.15) is 18.3 Å². The molecule has 68 valence electrons. The minimum atomic E-state index is -0.236. The highest BCUT2D eigenvalue weighted by Crippen LogP contribution is 2.20. The second-order valence-corrected chi connectivity index (χ2v) is 2.91. The number of rotatable bonds is 1. The number of ether oxygens (including phenoxy) is 2. The van der Waals surface area contributed by atoms with Crippen molar-refractivity contribution in [3.8, 4) is 0 Å². The number of hydrogen-bond acceptors (Lipinski definition) is 2. The van der Waals surface area contributed by atoms with Crippen molar-refractivity contribution in [1.29, 1.82) is 0 Å². The zero-order chi connectivity index (χ0) is 8.93. The summed E-state index contributed by atoms with van der Waals surface area (Å²) in [5.74, 6) is 0. The predicted octanol–water partition coefficient (Wildman–Crippen LogP) is 2.64. The Balaban J connectivity index is 2.12. The van der Waals surface area contributed by atoms with Crippen LogP contribution in [0.2, 0.25) is 0 Å². The fourth-order valence-electron chi connectivity index (χ4n) is 1.26. The van der Waals surface area contributed by atoms with Crippen LogP contribution in [0.25, 0.3) is 0 Å². The summed E-state index contributed by atoms with van der Waals surface area (Å²) in [4.78, 5) is 0. The fraction of sp³-hybridized carbons (Fsp3) is 0.273. The molecule has 0 aliphatic carbocycles. The van der Waals surface area contributed by atoms with E-state index in [1.807, 2.05) is 36.4 Å². The third kappa shape index (κ3) is 2.10. The summed E-state index contributed by atoms with van der Waals surface area (Å²) < 4.78 is 10.9. The Hall–Kier alpha value is -1.28. The van der Waals surface area contributed by atoms with Crippen LogP contribution in [0.3, 0.4) is 0 Å². The zero-order valence-electron chi connectivity index (χ0n) is 7.35. The molecule has 1 atom stereocenters. The maximum absolute atomic E-state index is 5.50. The zero-order valence-corrected chi connectivity index (χ0v) is 7.35. The molecule has 0 unspecified atom stereocenters. The summed E-state index contributed by atoms with van der Waals surface area (Å²) in [6.07, 6.45) is 4.37. The molecule has 1 aliphatic heterocycles. The van der Waals surface area contributed by atoms with E-state index in [9.17, 15) is 0 Å². The Kier molecular flexibility index (Phi) is 2.62. The van der Waals surface area contributed by atoms with Gasteiger partial charge < -0.3 is 9.47 Å². The van der Waals surface area contributed by atoms with Crippen molar-refractivity contribution < 1.29 is 9.47 Å². The van der Waals surface area contributed by atoms with Gasteiger partial charge in [-0.1, -0.05) is 30.3 Å². The second kappa shape index (κ2) is 4.10. The lowest BCUT2D eigenvalue weighted by molar-refractivity contribution is -0.102. The average molecular weight is 176 g/mol. The van der Waals surface area contributed by atoms with Crippen molar-refractivity contribution in [1.82, 2.24) is 0 Å². The minimum Gasteiger partial charge on any atom is -0.469 e. The maximum Gasteiger partial charge on any atom is 0.225 e. The van der Waals surface area contributed by atoms with Gasteiger partial charge >= 0.3 is 0 Å². The van der Waals surface area contributed by atoms with E-state index >= 15 is 0 Å². The van der Waals surface area contributed by atoms with E-state index < -0.39 is 0 Å². The molecule has 0 amide bonds. The molecule has 0 spiro atoms. The number of hydrogen-bond donors (Lipinski definition) is 0. The third-order valence-electron chi connectivity index (χ3n) is 1.92. The van der Waals surface area contributed by atoms with Crippen molar-refractivity contribution in [2.24, 2.45) is 0 Å². The van der Waals surface area contributed by atoms with Crippen molar-refractivity contribution in [2.75, 3.05) is 6.61 Å². The lowest BCUT2D eigenvalue weighted by atomic mass is 10.2. The molecule has 0 saturated carbocycles. The second-order valence-electron chi connectivity index (χ2n) is 2.91. The topological polar surface area (TPSA) is 18.5 Å². The van der Waals surface area contributed by atoms with Crippen LogP contribution in [0.4, 0.5) is 0 Å². The summed E-state index contributed by atoms with van der Waals surface area (Å²) in [5, 5.41) is 0. The first-order valence-electron chi connectivity index (χ1n) is 4.44. The summed E-state index contributed by atoms with van der Waals surface area (Å²) >= 11 is 0. The van der Waals surface area contributed by atoms with Gasteiger partial charge in [0.25, 0.3) is 0 Å². The standard InChI is InChI=1S/C11H12O2/c1-2-6-10(7-3-1)11-12-8-4-5-9-13-11/h1-4,6-8,11H,5,9H2/t11-/m1/s1. The molecule has 2 nitrogen and oxygen atoms in total. The molecule has 2 heteroatoms. The van der Waals surface area contributed by atoms with E-state index in [-0.39, 0.29) is 6.29 Å². The largest absolute Gasteiger partial charge is 0.469 e. The van der Waals surface area contributed by atoms with Gasteiger partial charge in [-0.3, -0.25) is 0 Å². The fourth-order valence-corrected chi connectivity index (χ4v) is 1.26. The third-order valence-corrected chi connectivity index (χ3v) is 1.92. The van der Waals surface area contributed by atoms with Gasteiger partial charge in [-0.2, -0.15) is 0 Å². The molecule has 0 saturated heterocycles. The highest BCUT2D eigenvalue weighted by molar-refractivity contribution is 5.16. The van der Waals surface area contributed by atoms with Crippen LogP contribution in [-0.2, 0) is 9.47 Å². The molecule has 0 bridgehead atoms. The van der Waals surface area contributed by atoms with Crippen molar-refractivity contribution >= 4 is 0 Å². The monoisotopic (exact) mass is 176 g/mol. The Morgan fingerprint density at radius 2 is 2.00 bits per heavy atom. The van der Waals surface area contributed by atoms with Crippen molar-refractivity contribution in [2.45, 2.75) is 12.7 Å². The number of benzene rings is 1. The first-order chi connectivity index (χ1) is 6.47.